The minimum absolute atomic E-state index is 0.257. The highest BCUT2D eigenvalue weighted by Crippen LogP contribution is 2.22. The van der Waals surface area contributed by atoms with Crippen LogP contribution >= 0.6 is 0 Å². The van der Waals surface area contributed by atoms with Gasteiger partial charge in [-0.2, -0.15) is 13.9 Å². The smallest absolute Gasteiger partial charge is 0.330 e. The maximum atomic E-state index is 12.7. The minimum atomic E-state index is -4.26. The number of aromatic nitrogens is 2. The van der Waals surface area contributed by atoms with Crippen LogP contribution in [-0.4, -0.2) is 71.9 Å². The highest BCUT2D eigenvalue weighted by Gasteiger charge is 2.41. The van der Waals surface area contributed by atoms with E-state index in [9.17, 15) is 22.4 Å². The molecule has 1 fully saturated rings. The van der Waals surface area contributed by atoms with E-state index in [2.05, 4.69) is 9.84 Å². The number of carbonyl (C=O) groups is 1. The first-order valence-electron chi connectivity index (χ1n) is 7.49. The van der Waals surface area contributed by atoms with Crippen molar-refractivity contribution in [3.8, 4) is 0 Å². The fourth-order valence-corrected chi connectivity index (χ4v) is 2.28. The van der Waals surface area contributed by atoms with Gasteiger partial charge in [-0.15, -0.1) is 0 Å². The van der Waals surface area contributed by atoms with E-state index in [1.807, 2.05) is 0 Å². The number of hydrogen-bond donors (Lipinski definition) is 0. The van der Waals surface area contributed by atoms with Crippen LogP contribution < -0.4 is 0 Å². The highest BCUT2D eigenvalue weighted by molar-refractivity contribution is 5.77. The van der Waals surface area contributed by atoms with Gasteiger partial charge in [-0.3, -0.25) is 9.48 Å². The van der Waals surface area contributed by atoms with Crippen LogP contribution in [0.15, 0.2) is 18.5 Å². The van der Waals surface area contributed by atoms with Gasteiger partial charge in [0.1, 0.15) is 13.2 Å². The number of halogens is 4. The van der Waals surface area contributed by atoms with Crippen LogP contribution in [0.5, 0.6) is 0 Å². The molecule has 0 bridgehead atoms. The van der Waals surface area contributed by atoms with Crippen molar-refractivity contribution < 1.29 is 31.8 Å². The molecule has 1 aromatic heterocycles. The molecule has 0 radical (unpaired) electrons. The third-order valence-electron chi connectivity index (χ3n) is 3.49. The monoisotopic (exact) mass is 353 g/mol. The fraction of sp³-hybridized carbons (Fsp3) is 0.714. The van der Waals surface area contributed by atoms with Crippen molar-refractivity contribution in [1.82, 2.24) is 14.7 Å². The van der Waals surface area contributed by atoms with E-state index in [1.165, 1.54) is 4.90 Å². The molecule has 1 aliphatic rings. The Morgan fingerprint density at radius 1 is 1.46 bits per heavy atom. The Kier molecular flexibility index (Phi) is 6.55. The van der Waals surface area contributed by atoms with Gasteiger partial charge in [-0.25, -0.2) is 8.78 Å². The van der Waals surface area contributed by atoms with E-state index in [0.29, 0.717) is 26.1 Å². The quantitative estimate of drug-likeness (QED) is 0.696. The van der Waals surface area contributed by atoms with Crippen molar-refractivity contribution in [2.24, 2.45) is 0 Å². The van der Waals surface area contributed by atoms with E-state index >= 15 is 0 Å². The molecule has 10 heteroatoms. The molecule has 1 aliphatic heterocycles. The van der Waals surface area contributed by atoms with Crippen LogP contribution in [0.1, 0.15) is 6.42 Å². The van der Waals surface area contributed by atoms with Crippen molar-refractivity contribution >= 4 is 5.91 Å². The Balaban J connectivity index is 1.81. The summed E-state index contributed by atoms with van der Waals surface area (Å²) in [5.41, 5.74) is 0. The van der Waals surface area contributed by atoms with Gasteiger partial charge in [-0.05, 0) is 12.5 Å². The van der Waals surface area contributed by atoms with Crippen molar-refractivity contribution in [1.29, 1.82) is 0 Å². The number of ether oxygens (including phenoxy) is 2. The Hall–Kier alpha value is -1.68. The van der Waals surface area contributed by atoms with E-state index in [0.717, 1.165) is 0 Å². The van der Waals surface area contributed by atoms with Gasteiger partial charge < -0.3 is 14.4 Å². The highest BCUT2D eigenvalue weighted by atomic mass is 19.3. The second-order valence-electron chi connectivity index (χ2n) is 5.47. The molecule has 6 nitrogen and oxygen atoms in total. The van der Waals surface area contributed by atoms with E-state index in [4.69, 9.17) is 4.74 Å². The molecule has 0 aromatic carbocycles. The SMILES string of the molecule is O=C(COCC(F)(F)C(F)F)N1CCCO[C@H](Cn2cccn2)C1. The van der Waals surface area contributed by atoms with Crippen LogP contribution in [0.25, 0.3) is 0 Å². The second-order valence-corrected chi connectivity index (χ2v) is 5.47. The molecule has 1 aromatic rings. The van der Waals surface area contributed by atoms with Gasteiger partial charge >= 0.3 is 12.3 Å². The van der Waals surface area contributed by atoms with Gasteiger partial charge in [0.15, 0.2) is 0 Å². The number of rotatable bonds is 7. The average Bonchev–Trinajstić information content (AvgIpc) is 2.91. The molecule has 1 amide bonds. The summed E-state index contributed by atoms with van der Waals surface area (Å²) in [6.07, 6.45) is -0.141. The van der Waals surface area contributed by atoms with Gasteiger partial charge in [0.05, 0.1) is 12.6 Å². The second kappa shape index (κ2) is 8.43. The molecule has 1 atom stereocenters. The predicted octanol–water partition coefficient (Wildman–Crippen LogP) is 1.42. The third-order valence-corrected chi connectivity index (χ3v) is 3.49. The van der Waals surface area contributed by atoms with E-state index in [-0.39, 0.29) is 12.6 Å². The summed E-state index contributed by atoms with van der Waals surface area (Å²) < 4.78 is 61.3. The number of amides is 1. The first-order chi connectivity index (χ1) is 11.4. The van der Waals surface area contributed by atoms with Crippen LogP contribution in [-0.2, 0) is 20.8 Å². The molecule has 24 heavy (non-hydrogen) atoms. The number of nitrogens with zero attached hydrogens (tertiary/aromatic N) is 3. The maximum Gasteiger partial charge on any atom is 0.330 e. The van der Waals surface area contributed by atoms with Crippen molar-refractivity contribution in [3.05, 3.63) is 18.5 Å². The summed E-state index contributed by atoms with van der Waals surface area (Å²) in [7, 11) is 0. The number of alkyl halides is 4. The molecule has 0 saturated carbocycles. The molecule has 0 aliphatic carbocycles. The molecular formula is C14H19F4N3O3. The van der Waals surface area contributed by atoms with Crippen LogP contribution in [0.4, 0.5) is 17.6 Å². The minimum Gasteiger partial charge on any atom is -0.374 e. The molecule has 1 saturated heterocycles. The van der Waals surface area contributed by atoms with Crippen LogP contribution in [0.2, 0.25) is 0 Å². The van der Waals surface area contributed by atoms with Crippen LogP contribution in [0, 0.1) is 0 Å². The summed E-state index contributed by atoms with van der Waals surface area (Å²) in [6, 6.07) is 1.76. The molecule has 2 heterocycles. The van der Waals surface area contributed by atoms with Gasteiger partial charge in [0.2, 0.25) is 5.91 Å². The lowest BCUT2D eigenvalue weighted by Crippen LogP contribution is -2.41. The van der Waals surface area contributed by atoms with E-state index < -0.39 is 31.5 Å². The molecule has 0 spiro atoms. The fourth-order valence-electron chi connectivity index (χ4n) is 2.28. The summed E-state index contributed by atoms with van der Waals surface area (Å²) in [6.45, 7) is -0.605. The van der Waals surface area contributed by atoms with Crippen molar-refractivity contribution in [3.63, 3.8) is 0 Å². The summed E-state index contributed by atoms with van der Waals surface area (Å²) in [5, 5.41) is 4.06. The zero-order chi connectivity index (χ0) is 17.6. The van der Waals surface area contributed by atoms with Crippen molar-refractivity contribution in [2.45, 2.75) is 31.4 Å². The first kappa shape index (κ1) is 18.7. The molecule has 0 N–H and O–H groups in total. The zero-order valence-corrected chi connectivity index (χ0v) is 12.9. The van der Waals surface area contributed by atoms with E-state index in [1.54, 1.807) is 23.1 Å². The Morgan fingerprint density at radius 2 is 2.25 bits per heavy atom. The maximum absolute atomic E-state index is 12.7. The van der Waals surface area contributed by atoms with Crippen LogP contribution in [0.3, 0.4) is 0 Å². The first-order valence-corrected chi connectivity index (χ1v) is 7.49. The largest absolute Gasteiger partial charge is 0.374 e. The normalized spacial score (nSPS) is 19.5. The Labute approximate surface area is 136 Å². The van der Waals surface area contributed by atoms with Crippen molar-refractivity contribution in [2.75, 3.05) is 32.9 Å². The summed E-state index contributed by atoms with van der Waals surface area (Å²) >= 11 is 0. The molecule has 0 unspecified atom stereocenters. The molecule has 136 valence electrons. The summed E-state index contributed by atoms with van der Waals surface area (Å²) in [4.78, 5) is 13.5. The lowest BCUT2D eigenvalue weighted by molar-refractivity contribution is -0.171. The van der Waals surface area contributed by atoms with Gasteiger partial charge in [0, 0.05) is 32.1 Å². The average molecular weight is 353 g/mol. The topological polar surface area (TPSA) is 56.6 Å². The predicted molar refractivity (Wildman–Crippen MR) is 74.9 cm³/mol. The zero-order valence-electron chi connectivity index (χ0n) is 12.9. The van der Waals surface area contributed by atoms with Gasteiger partial charge in [0.25, 0.3) is 0 Å². The lowest BCUT2D eigenvalue weighted by Gasteiger charge is -2.24. The molecular weight excluding hydrogens is 334 g/mol. The standard InChI is InChI=1S/C14H19F4N3O3/c15-13(16)14(17,18)10-23-9-12(22)20-4-2-6-24-11(7-20)8-21-5-1-3-19-21/h1,3,5,11,13H,2,4,6-10H2/t11-/m0/s1. The number of carbonyl (C=O) groups excluding carboxylic acids is 1. The Bertz CT molecular complexity index is 513. The Morgan fingerprint density at radius 3 is 2.92 bits per heavy atom. The van der Waals surface area contributed by atoms with Gasteiger partial charge in [-0.1, -0.05) is 0 Å². The molecule has 2 rings (SSSR count). The summed E-state index contributed by atoms with van der Waals surface area (Å²) in [5.74, 6) is -4.79. The lowest BCUT2D eigenvalue weighted by atomic mass is 10.3. The third kappa shape index (κ3) is 5.45. The number of hydrogen-bond acceptors (Lipinski definition) is 4.